The van der Waals surface area contributed by atoms with Gasteiger partial charge in [-0.15, -0.1) is 11.3 Å². The smallest absolute Gasteiger partial charge is 0.134 e. The van der Waals surface area contributed by atoms with E-state index in [1.165, 1.54) is 10.1 Å². The number of fused-ring (bicyclic) bond motifs is 1. The van der Waals surface area contributed by atoms with Crippen LogP contribution in [0.3, 0.4) is 0 Å². The van der Waals surface area contributed by atoms with Gasteiger partial charge in [-0.25, -0.2) is 0 Å². The maximum Gasteiger partial charge on any atom is 0.134 e. The Labute approximate surface area is 117 Å². The minimum absolute atomic E-state index is 0.253. The van der Waals surface area contributed by atoms with Gasteiger partial charge in [0.05, 0.1) is 6.04 Å². The molecule has 2 aromatic heterocycles. The molecule has 0 bridgehead atoms. The zero-order valence-corrected chi connectivity index (χ0v) is 12.0. The highest BCUT2D eigenvalue weighted by atomic mass is 32.1. The molecule has 0 fully saturated rings. The predicted molar refractivity (Wildman–Crippen MR) is 81.6 cm³/mol. The van der Waals surface area contributed by atoms with E-state index in [-0.39, 0.29) is 6.04 Å². The summed E-state index contributed by atoms with van der Waals surface area (Å²) < 4.78 is 7.27. The van der Waals surface area contributed by atoms with Crippen molar-refractivity contribution in [3.63, 3.8) is 0 Å². The molecule has 0 amide bonds. The fourth-order valence-electron chi connectivity index (χ4n) is 2.27. The Morgan fingerprint density at radius 2 is 2.11 bits per heavy atom. The van der Waals surface area contributed by atoms with E-state index in [0.717, 1.165) is 23.6 Å². The van der Waals surface area contributed by atoms with Crippen LogP contribution < -0.4 is 5.32 Å². The normalized spacial score (nSPS) is 12.9. The van der Waals surface area contributed by atoms with E-state index in [9.17, 15) is 0 Å². The van der Waals surface area contributed by atoms with Crippen LogP contribution in [0.2, 0.25) is 0 Å². The van der Waals surface area contributed by atoms with Crippen molar-refractivity contribution in [2.75, 3.05) is 6.54 Å². The first-order valence-electron chi connectivity index (χ1n) is 6.58. The molecule has 1 atom stereocenters. The number of hydrogen-bond donors (Lipinski definition) is 1. The summed E-state index contributed by atoms with van der Waals surface area (Å²) in [6.07, 6.45) is 0. The number of rotatable bonds is 4. The Morgan fingerprint density at radius 1 is 1.21 bits per heavy atom. The zero-order valence-electron chi connectivity index (χ0n) is 11.1. The fraction of sp³-hybridized carbons (Fsp3) is 0.250. The molecule has 3 rings (SSSR count). The summed E-state index contributed by atoms with van der Waals surface area (Å²) in [7, 11) is 0. The molecule has 0 radical (unpaired) electrons. The third-order valence-corrected chi connectivity index (χ3v) is 4.20. The lowest BCUT2D eigenvalue weighted by atomic mass is 10.1. The largest absolute Gasteiger partial charge is 0.459 e. The highest BCUT2D eigenvalue weighted by Gasteiger charge is 2.10. The molecule has 1 N–H and O–H groups in total. The van der Waals surface area contributed by atoms with Crippen molar-refractivity contribution >= 4 is 21.4 Å². The van der Waals surface area contributed by atoms with E-state index in [4.69, 9.17) is 4.42 Å². The second-order valence-electron chi connectivity index (χ2n) is 4.65. The second-order valence-corrected chi connectivity index (χ2v) is 5.60. The second kappa shape index (κ2) is 5.19. The number of hydrogen-bond acceptors (Lipinski definition) is 3. The van der Waals surface area contributed by atoms with Gasteiger partial charge in [-0.1, -0.05) is 6.92 Å². The van der Waals surface area contributed by atoms with Crippen LogP contribution in [-0.2, 0) is 0 Å². The van der Waals surface area contributed by atoms with Crippen LogP contribution in [0.25, 0.3) is 21.4 Å². The minimum Gasteiger partial charge on any atom is -0.459 e. The standard InChI is InChI=1S/C16H17NOS/c1-3-17-11(2)14-5-6-15(18-14)12-4-7-16-13(10-12)8-9-19-16/h4-11,17H,3H2,1-2H3. The van der Waals surface area contributed by atoms with E-state index < -0.39 is 0 Å². The molecule has 0 saturated heterocycles. The first-order valence-corrected chi connectivity index (χ1v) is 7.46. The minimum atomic E-state index is 0.253. The number of nitrogens with one attached hydrogen (secondary N) is 1. The van der Waals surface area contributed by atoms with E-state index in [0.29, 0.717) is 0 Å². The van der Waals surface area contributed by atoms with Gasteiger partial charge in [0.2, 0.25) is 0 Å². The molecule has 0 aliphatic heterocycles. The number of thiophene rings is 1. The number of furan rings is 1. The van der Waals surface area contributed by atoms with Gasteiger partial charge in [0.25, 0.3) is 0 Å². The van der Waals surface area contributed by atoms with Crippen LogP contribution in [0.4, 0.5) is 0 Å². The van der Waals surface area contributed by atoms with E-state index in [1.807, 2.05) is 0 Å². The van der Waals surface area contributed by atoms with Gasteiger partial charge in [-0.3, -0.25) is 0 Å². The van der Waals surface area contributed by atoms with Gasteiger partial charge in [0, 0.05) is 10.3 Å². The first-order chi connectivity index (χ1) is 9.28. The van der Waals surface area contributed by atoms with Crippen molar-refractivity contribution in [1.29, 1.82) is 0 Å². The third-order valence-electron chi connectivity index (χ3n) is 3.30. The molecule has 3 aromatic rings. The summed E-state index contributed by atoms with van der Waals surface area (Å²) in [5, 5.41) is 6.76. The van der Waals surface area contributed by atoms with Gasteiger partial charge in [-0.05, 0) is 60.6 Å². The SMILES string of the molecule is CCNC(C)c1ccc(-c2ccc3sccc3c2)o1. The van der Waals surface area contributed by atoms with Gasteiger partial charge >= 0.3 is 0 Å². The molecule has 2 heterocycles. The zero-order chi connectivity index (χ0) is 13.2. The summed E-state index contributed by atoms with van der Waals surface area (Å²) in [5.41, 5.74) is 1.14. The molecule has 0 aliphatic rings. The Kier molecular flexibility index (Phi) is 3.40. The van der Waals surface area contributed by atoms with Crippen LogP contribution in [0.15, 0.2) is 46.2 Å². The van der Waals surface area contributed by atoms with Crippen molar-refractivity contribution in [2.24, 2.45) is 0 Å². The monoisotopic (exact) mass is 271 g/mol. The van der Waals surface area contributed by atoms with Crippen molar-refractivity contribution in [3.8, 4) is 11.3 Å². The molecule has 0 aliphatic carbocycles. The quantitative estimate of drug-likeness (QED) is 0.735. The van der Waals surface area contributed by atoms with Crippen LogP contribution in [0.5, 0.6) is 0 Å². The summed E-state index contributed by atoms with van der Waals surface area (Å²) >= 11 is 1.77. The van der Waals surface area contributed by atoms with Gasteiger partial charge < -0.3 is 9.73 Å². The first kappa shape index (κ1) is 12.5. The number of benzene rings is 1. The topological polar surface area (TPSA) is 25.2 Å². The molecular weight excluding hydrogens is 254 g/mol. The molecule has 3 heteroatoms. The summed E-state index contributed by atoms with van der Waals surface area (Å²) in [5.74, 6) is 1.93. The Bertz CT molecular complexity index is 683. The van der Waals surface area contributed by atoms with Crippen molar-refractivity contribution in [1.82, 2.24) is 5.32 Å². The molecule has 2 nitrogen and oxygen atoms in total. The maximum absolute atomic E-state index is 5.95. The highest BCUT2D eigenvalue weighted by molar-refractivity contribution is 7.17. The Morgan fingerprint density at radius 3 is 2.95 bits per heavy atom. The van der Waals surface area contributed by atoms with Crippen LogP contribution >= 0.6 is 11.3 Å². The molecule has 0 spiro atoms. The molecule has 19 heavy (non-hydrogen) atoms. The van der Waals surface area contributed by atoms with Crippen molar-refractivity contribution in [3.05, 3.63) is 47.5 Å². The van der Waals surface area contributed by atoms with Crippen molar-refractivity contribution in [2.45, 2.75) is 19.9 Å². The Hall–Kier alpha value is -1.58. The molecular formula is C16H17NOS. The van der Waals surface area contributed by atoms with E-state index in [1.54, 1.807) is 11.3 Å². The van der Waals surface area contributed by atoms with E-state index in [2.05, 4.69) is 60.9 Å². The lowest BCUT2D eigenvalue weighted by molar-refractivity contribution is 0.445. The third kappa shape index (κ3) is 2.44. The van der Waals surface area contributed by atoms with Crippen molar-refractivity contribution < 1.29 is 4.42 Å². The summed E-state index contributed by atoms with van der Waals surface area (Å²) in [6, 6.07) is 13.0. The van der Waals surface area contributed by atoms with Gasteiger partial charge in [0.1, 0.15) is 11.5 Å². The lowest BCUT2D eigenvalue weighted by Gasteiger charge is -2.08. The Balaban J connectivity index is 1.93. The molecule has 98 valence electrons. The predicted octanol–water partition coefficient (Wildman–Crippen LogP) is 4.83. The van der Waals surface area contributed by atoms with Gasteiger partial charge in [0.15, 0.2) is 0 Å². The summed E-state index contributed by atoms with van der Waals surface area (Å²) in [4.78, 5) is 0. The maximum atomic E-state index is 5.95. The van der Waals surface area contributed by atoms with E-state index >= 15 is 0 Å². The average molecular weight is 271 g/mol. The average Bonchev–Trinajstić information content (AvgIpc) is 3.07. The van der Waals surface area contributed by atoms with Gasteiger partial charge in [-0.2, -0.15) is 0 Å². The van der Waals surface area contributed by atoms with Crippen LogP contribution in [0.1, 0.15) is 25.6 Å². The lowest BCUT2D eigenvalue weighted by Crippen LogP contribution is -2.16. The molecule has 0 saturated carbocycles. The summed E-state index contributed by atoms with van der Waals surface area (Å²) in [6.45, 7) is 5.16. The molecule has 1 aromatic carbocycles. The van der Waals surface area contributed by atoms with Crippen LogP contribution in [-0.4, -0.2) is 6.54 Å². The van der Waals surface area contributed by atoms with Crippen LogP contribution in [0, 0.1) is 0 Å². The fourth-order valence-corrected chi connectivity index (χ4v) is 3.04. The highest BCUT2D eigenvalue weighted by Crippen LogP contribution is 2.29. The molecule has 1 unspecified atom stereocenters.